The van der Waals surface area contributed by atoms with Gasteiger partial charge in [-0.15, -0.1) is 0 Å². The molecule has 0 atom stereocenters. The zero-order chi connectivity index (χ0) is 12.0. The van der Waals surface area contributed by atoms with Gasteiger partial charge in [-0.25, -0.2) is 0 Å². The lowest BCUT2D eigenvalue weighted by molar-refractivity contribution is -0.144. The third-order valence-corrected chi connectivity index (χ3v) is 1.93. The second kappa shape index (κ2) is 6.22. The van der Waals surface area contributed by atoms with Crippen molar-refractivity contribution in [2.75, 3.05) is 20.2 Å². The number of carbonyl (C=O) groups is 1. The van der Waals surface area contributed by atoms with Crippen LogP contribution in [-0.4, -0.2) is 41.2 Å². The van der Waals surface area contributed by atoms with Crippen LogP contribution in [0.25, 0.3) is 0 Å². The first-order valence-electron chi connectivity index (χ1n) is 5.31. The van der Waals surface area contributed by atoms with E-state index in [0.717, 1.165) is 0 Å². The summed E-state index contributed by atoms with van der Waals surface area (Å²) in [6, 6.07) is 0. The number of ether oxygens (including phenoxy) is 1. The predicted octanol–water partition coefficient (Wildman–Crippen LogP) is 0.627. The Hall–Kier alpha value is -1.43. The molecule has 0 radical (unpaired) electrons. The maximum absolute atomic E-state index is 11.2. The fourth-order valence-electron chi connectivity index (χ4n) is 1.22. The number of rotatable bonds is 6. The van der Waals surface area contributed by atoms with Gasteiger partial charge >= 0.3 is 5.97 Å². The van der Waals surface area contributed by atoms with E-state index < -0.39 is 0 Å². The third kappa shape index (κ3) is 3.98. The molecule has 1 heterocycles. The highest BCUT2D eigenvalue weighted by molar-refractivity contribution is 5.71. The number of likely N-dealkylation sites (N-methyl/N-ethyl adjacent to an activating group) is 1. The molecule has 0 bridgehead atoms. The van der Waals surface area contributed by atoms with Crippen LogP contribution in [-0.2, 0) is 22.5 Å². The maximum Gasteiger partial charge on any atom is 0.320 e. The molecule has 90 valence electrons. The summed E-state index contributed by atoms with van der Waals surface area (Å²) in [7, 11) is 1.80. The van der Waals surface area contributed by atoms with Crippen LogP contribution in [0.3, 0.4) is 0 Å². The van der Waals surface area contributed by atoms with Crippen LogP contribution in [0.2, 0.25) is 0 Å². The molecule has 0 aliphatic heterocycles. The summed E-state index contributed by atoms with van der Waals surface area (Å²) in [4.78, 5) is 17.1. The van der Waals surface area contributed by atoms with Gasteiger partial charge in [-0.2, -0.15) is 4.98 Å². The molecular formula is C10H17N3O3. The molecular weight excluding hydrogens is 210 g/mol. The monoisotopic (exact) mass is 227 g/mol. The SMILES string of the molecule is CCOC(=O)CN(C)Cc1noc(CC)n1. The molecule has 1 aromatic rings. The predicted molar refractivity (Wildman–Crippen MR) is 56.6 cm³/mol. The lowest BCUT2D eigenvalue weighted by Gasteiger charge is -2.12. The summed E-state index contributed by atoms with van der Waals surface area (Å²) < 4.78 is 9.79. The van der Waals surface area contributed by atoms with Crippen LogP contribution >= 0.6 is 0 Å². The number of hydrogen-bond donors (Lipinski definition) is 0. The van der Waals surface area contributed by atoms with E-state index in [0.29, 0.717) is 31.3 Å². The molecule has 6 heteroatoms. The van der Waals surface area contributed by atoms with Gasteiger partial charge < -0.3 is 9.26 Å². The summed E-state index contributed by atoms with van der Waals surface area (Å²) in [5, 5.41) is 3.80. The molecule has 0 aromatic carbocycles. The molecule has 16 heavy (non-hydrogen) atoms. The van der Waals surface area contributed by atoms with Crippen LogP contribution in [0, 0.1) is 0 Å². The molecule has 0 saturated carbocycles. The van der Waals surface area contributed by atoms with Crippen molar-refractivity contribution in [3.63, 3.8) is 0 Å². The number of hydrogen-bond acceptors (Lipinski definition) is 6. The second-order valence-electron chi connectivity index (χ2n) is 3.44. The van der Waals surface area contributed by atoms with Gasteiger partial charge in [-0.05, 0) is 14.0 Å². The van der Waals surface area contributed by atoms with Gasteiger partial charge in [0.25, 0.3) is 0 Å². The Morgan fingerprint density at radius 1 is 1.50 bits per heavy atom. The van der Waals surface area contributed by atoms with Crippen molar-refractivity contribution in [1.82, 2.24) is 15.0 Å². The lowest BCUT2D eigenvalue weighted by Crippen LogP contribution is -2.27. The second-order valence-corrected chi connectivity index (χ2v) is 3.44. The Bertz CT molecular complexity index is 338. The third-order valence-electron chi connectivity index (χ3n) is 1.93. The number of nitrogens with zero attached hydrogens (tertiary/aromatic N) is 3. The quantitative estimate of drug-likeness (QED) is 0.664. The highest BCUT2D eigenvalue weighted by Gasteiger charge is 2.11. The van der Waals surface area contributed by atoms with Crippen molar-refractivity contribution < 1.29 is 14.1 Å². The molecule has 0 aliphatic carbocycles. The Balaban J connectivity index is 2.38. The number of esters is 1. The molecule has 1 aromatic heterocycles. The van der Waals surface area contributed by atoms with E-state index in [4.69, 9.17) is 9.26 Å². The van der Waals surface area contributed by atoms with Crippen LogP contribution in [0.5, 0.6) is 0 Å². The van der Waals surface area contributed by atoms with E-state index in [1.54, 1.807) is 18.9 Å². The molecule has 0 amide bonds. The van der Waals surface area contributed by atoms with Gasteiger partial charge in [0.2, 0.25) is 5.89 Å². The zero-order valence-corrected chi connectivity index (χ0v) is 9.89. The molecule has 0 N–H and O–H groups in total. The van der Waals surface area contributed by atoms with Crippen LogP contribution < -0.4 is 0 Å². The summed E-state index contributed by atoms with van der Waals surface area (Å²) in [6.45, 7) is 4.82. The first-order chi connectivity index (χ1) is 7.65. The van der Waals surface area contributed by atoms with Gasteiger partial charge in [0.1, 0.15) is 0 Å². The summed E-state index contributed by atoms with van der Waals surface area (Å²) in [6.07, 6.45) is 0.717. The van der Waals surface area contributed by atoms with E-state index in [2.05, 4.69) is 10.1 Å². The number of carbonyl (C=O) groups excluding carboxylic acids is 1. The van der Waals surface area contributed by atoms with Crippen molar-refractivity contribution in [1.29, 1.82) is 0 Å². The Kier molecular flexibility index (Phi) is 4.91. The van der Waals surface area contributed by atoms with Gasteiger partial charge in [-0.1, -0.05) is 12.1 Å². The van der Waals surface area contributed by atoms with E-state index in [-0.39, 0.29) is 12.5 Å². The minimum Gasteiger partial charge on any atom is -0.465 e. The maximum atomic E-state index is 11.2. The first-order valence-corrected chi connectivity index (χ1v) is 5.31. The van der Waals surface area contributed by atoms with Crippen molar-refractivity contribution in [3.8, 4) is 0 Å². The number of aromatic nitrogens is 2. The van der Waals surface area contributed by atoms with E-state index in [1.807, 2.05) is 6.92 Å². The Morgan fingerprint density at radius 2 is 2.25 bits per heavy atom. The minimum atomic E-state index is -0.246. The minimum absolute atomic E-state index is 0.226. The van der Waals surface area contributed by atoms with Gasteiger partial charge in [0.05, 0.1) is 19.7 Å². The molecule has 1 rings (SSSR count). The van der Waals surface area contributed by atoms with Crippen molar-refractivity contribution in [3.05, 3.63) is 11.7 Å². The molecule has 0 unspecified atom stereocenters. The first kappa shape index (κ1) is 12.6. The summed E-state index contributed by atoms with van der Waals surface area (Å²) >= 11 is 0. The average molecular weight is 227 g/mol. The summed E-state index contributed by atoms with van der Waals surface area (Å²) in [5.41, 5.74) is 0. The normalized spacial score (nSPS) is 10.8. The topological polar surface area (TPSA) is 68.5 Å². The highest BCUT2D eigenvalue weighted by atomic mass is 16.5. The fraction of sp³-hybridized carbons (Fsp3) is 0.700. The Labute approximate surface area is 94.6 Å². The highest BCUT2D eigenvalue weighted by Crippen LogP contribution is 2.01. The average Bonchev–Trinajstić information content (AvgIpc) is 2.65. The van der Waals surface area contributed by atoms with Crippen molar-refractivity contribution in [2.45, 2.75) is 26.8 Å². The standard InChI is InChI=1S/C10H17N3O3/c1-4-9-11-8(12-16-9)6-13(3)7-10(14)15-5-2/h4-7H2,1-3H3. The fourth-order valence-corrected chi connectivity index (χ4v) is 1.22. The van der Waals surface area contributed by atoms with Gasteiger partial charge in [0.15, 0.2) is 5.82 Å². The largest absolute Gasteiger partial charge is 0.465 e. The van der Waals surface area contributed by atoms with Crippen LogP contribution in [0.15, 0.2) is 4.52 Å². The van der Waals surface area contributed by atoms with Crippen LogP contribution in [0.4, 0.5) is 0 Å². The smallest absolute Gasteiger partial charge is 0.320 e. The van der Waals surface area contributed by atoms with E-state index in [9.17, 15) is 4.79 Å². The molecule has 6 nitrogen and oxygen atoms in total. The van der Waals surface area contributed by atoms with Gasteiger partial charge in [-0.3, -0.25) is 9.69 Å². The zero-order valence-electron chi connectivity index (χ0n) is 9.89. The van der Waals surface area contributed by atoms with Gasteiger partial charge in [0, 0.05) is 6.42 Å². The Morgan fingerprint density at radius 3 is 2.81 bits per heavy atom. The molecule has 0 spiro atoms. The molecule has 0 saturated heterocycles. The van der Waals surface area contributed by atoms with Crippen molar-refractivity contribution >= 4 is 5.97 Å². The number of aryl methyl sites for hydroxylation is 1. The summed E-state index contributed by atoms with van der Waals surface area (Å²) in [5.74, 6) is 0.951. The molecule has 0 aliphatic rings. The van der Waals surface area contributed by atoms with Crippen LogP contribution in [0.1, 0.15) is 25.6 Å². The van der Waals surface area contributed by atoms with Crippen molar-refractivity contribution in [2.24, 2.45) is 0 Å². The lowest BCUT2D eigenvalue weighted by atomic mass is 10.4. The van der Waals surface area contributed by atoms with E-state index >= 15 is 0 Å². The molecule has 0 fully saturated rings. The van der Waals surface area contributed by atoms with E-state index in [1.165, 1.54) is 0 Å².